The average molecular weight is 245 g/mol. The van der Waals surface area contributed by atoms with Gasteiger partial charge in [0.25, 0.3) is 5.91 Å². The number of piperidine rings is 1. The first-order valence-electron chi connectivity index (χ1n) is 6.66. The molecule has 2 N–H and O–H groups in total. The van der Waals surface area contributed by atoms with E-state index in [9.17, 15) is 4.79 Å². The Bertz CT molecular complexity index is 460. The average Bonchev–Trinajstić information content (AvgIpc) is 2.61. The molecule has 2 saturated heterocycles. The van der Waals surface area contributed by atoms with Gasteiger partial charge in [-0.3, -0.25) is 9.78 Å². The monoisotopic (exact) mass is 245 g/mol. The van der Waals surface area contributed by atoms with Crippen LogP contribution in [0.2, 0.25) is 0 Å². The number of amides is 1. The molecule has 2 atom stereocenters. The third kappa shape index (κ3) is 1.81. The van der Waals surface area contributed by atoms with Crippen LogP contribution in [0.5, 0.6) is 0 Å². The zero-order chi connectivity index (χ0) is 12.7. The molecule has 3 rings (SSSR count). The van der Waals surface area contributed by atoms with Crippen molar-refractivity contribution in [3.63, 3.8) is 0 Å². The van der Waals surface area contributed by atoms with Gasteiger partial charge in [0.1, 0.15) is 5.69 Å². The number of carbonyl (C=O) groups excluding carboxylic acids is 1. The molecule has 1 aromatic heterocycles. The van der Waals surface area contributed by atoms with Crippen LogP contribution in [0.1, 0.15) is 41.7 Å². The molecule has 4 heteroatoms. The molecular formula is C14H19N3O. The first kappa shape index (κ1) is 11.7. The lowest BCUT2D eigenvalue weighted by molar-refractivity contribution is 0.0568. The standard InChI is InChI=1S/C14H19N3O/c1-9-3-2-6-16-13(9)14(18)17-11-4-5-12(17)8-10(15)7-11/h2-3,6,10-12H,4-5,7-8,15H2,1H3. The summed E-state index contributed by atoms with van der Waals surface area (Å²) < 4.78 is 0. The summed E-state index contributed by atoms with van der Waals surface area (Å²) in [6.45, 7) is 1.94. The number of aromatic nitrogens is 1. The van der Waals surface area contributed by atoms with Crippen molar-refractivity contribution in [1.29, 1.82) is 0 Å². The lowest BCUT2D eigenvalue weighted by Crippen LogP contribution is -2.50. The number of hydrogen-bond donors (Lipinski definition) is 1. The van der Waals surface area contributed by atoms with Gasteiger partial charge in [-0.25, -0.2) is 0 Å². The van der Waals surface area contributed by atoms with Crippen molar-refractivity contribution < 1.29 is 4.79 Å². The maximum absolute atomic E-state index is 12.6. The van der Waals surface area contributed by atoms with Gasteiger partial charge in [-0.05, 0) is 44.2 Å². The molecule has 1 aromatic rings. The molecule has 2 fully saturated rings. The Balaban J connectivity index is 1.88. The molecule has 0 aliphatic carbocycles. The topological polar surface area (TPSA) is 59.2 Å². The first-order valence-corrected chi connectivity index (χ1v) is 6.66. The molecule has 96 valence electrons. The molecule has 3 heterocycles. The van der Waals surface area contributed by atoms with E-state index in [-0.39, 0.29) is 11.9 Å². The SMILES string of the molecule is Cc1cccnc1C(=O)N1C2CCC1CC(N)C2. The second-order valence-electron chi connectivity index (χ2n) is 5.50. The molecule has 2 aliphatic rings. The molecular weight excluding hydrogens is 226 g/mol. The number of aryl methyl sites for hydroxylation is 1. The summed E-state index contributed by atoms with van der Waals surface area (Å²) in [5, 5.41) is 0. The van der Waals surface area contributed by atoms with E-state index in [1.54, 1.807) is 6.20 Å². The first-order chi connectivity index (χ1) is 8.66. The number of fused-ring (bicyclic) bond motifs is 2. The molecule has 0 saturated carbocycles. The van der Waals surface area contributed by atoms with Crippen molar-refractivity contribution in [3.8, 4) is 0 Å². The highest BCUT2D eigenvalue weighted by molar-refractivity contribution is 5.94. The van der Waals surface area contributed by atoms with Crippen molar-refractivity contribution >= 4 is 5.91 Å². The van der Waals surface area contributed by atoms with Crippen molar-refractivity contribution in [2.24, 2.45) is 5.73 Å². The molecule has 4 nitrogen and oxygen atoms in total. The smallest absolute Gasteiger partial charge is 0.273 e. The Morgan fingerprint density at radius 1 is 1.39 bits per heavy atom. The van der Waals surface area contributed by atoms with E-state index in [0.29, 0.717) is 17.8 Å². The summed E-state index contributed by atoms with van der Waals surface area (Å²) in [6.07, 6.45) is 5.76. The maximum atomic E-state index is 12.6. The summed E-state index contributed by atoms with van der Waals surface area (Å²) in [5.74, 6) is 0.0903. The van der Waals surface area contributed by atoms with Gasteiger partial charge in [0, 0.05) is 24.3 Å². The fourth-order valence-electron chi connectivity index (χ4n) is 3.38. The number of nitrogens with two attached hydrogens (primary N) is 1. The van der Waals surface area contributed by atoms with Crippen molar-refractivity contribution in [2.75, 3.05) is 0 Å². The predicted molar refractivity (Wildman–Crippen MR) is 69.2 cm³/mol. The maximum Gasteiger partial charge on any atom is 0.273 e. The minimum Gasteiger partial charge on any atom is -0.331 e. The second-order valence-corrected chi connectivity index (χ2v) is 5.50. The van der Waals surface area contributed by atoms with Gasteiger partial charge in [-0.15, -0.1) is 0 Å². The quantitative estimate of drug-likeness (QED) is 0.815. The molecule has 1 amide bonds. The van der Waals surface area contributed by atoms with E-state index in [1.165, 1.54) is 0 Å². The van der Waals surface area contributed by atoms with E-state index < -0.39 is 0 Å². The predicted octanol–water partition coefficient (Wildman–Crippen LogP) is 1.48. The fraction of sp³-hybridized carbons (Fsp3) is 0.571. The van der Waals surface area contributed by atoms with Crippen LogP contribution < -0.4 is 5.73 Å². The van der Waals surface area contributed by atoms with Gasteiger partial charge in [0.15, 0.2) is 0 Å². The minimum absolute atomic E-state index is 0.0903. The lowest BCUT2D eigenvalue weighted by Gasteiger charge is -2.37. The largest absolute Gasteiger partial charge is 0.331 e. The van der Waals surface area contributed by atoms with Crippen molar-refractivity contribution in [3.05, 3.63) is 29.6 Å². The Hall–Kier alpha value is -1.42. The van der Waals surface area contributed by atoms with Crippen LogP contribution in [0.3, 0.4) is 0 Å². The van der Waals surface area contributed by atoms with Crippen LogP contribution in [0.15, 0.2) is 18.3 Å². The number of pyridine rings is 1. The van der Waals surface area contributed by atoms with E-state index in [0.717, 1.165) is 31.2 Å². The highest BCUT2D eigenvalue weighted by atomic mass is 16.2. The van der Waals surface area contributed by atoms with Crippen molar-refractivity contribution in [1.82, 2.24) is 9.88 Å². The molecule has 2 bridgehead atoms. The number of rotatable bonds is 1. The molecule has 0 radical (unpaired) electrons. The Morgan fingerprint density at radius 3 is 2.67 bits per heavy atom. The summed E-state index contributed by atoms with van der Waals surface area (Å²) in [7, 11) is 0. The zero-order valence-electron chi connectivity index (χ0n) is 10.7. The van der Waals surface area contributed by atoms with E-state index in [2.05, 4.69) is 4.98 Å². The van der Waals surface area contributed by atoms with Crippen LogP contribution in [-0.4, -0.2) is 33.9 Å². The van der Waals surface area contributed by atoms with Crippen molar-refractivity contribution in [2.45, 2.75) is 50.7 Å². The van der Waals surface area contributed by atoms with Crippen LogP contribution in [0, 0.1) is 6.92 Å². The second kappa shape index (κ2) is 4.35. The van der Waals surface area contributed by atoms with Gasteiger partial charge in [0.05, 0.1) is 0 Å². The van der Waals surface area contributed by atoms with Gasteiger partial charge in [-0.1, -0.05) is 6.07 Å². The van der Waals surface area contributed by atoms with Gasteiger partial charge < -0.3 is 10.6 Å². The van der Waals surface area contributed by atoms with E-state index >= 15 is 0 Å². The van der Waals surface area contributed by atoms with Gasteiger partial charge >= 0.3 is 0 Å². The molecule has 0 spiro atoms. The lowest BCUT2D eigenvalue weighted by atomic mass is 9.97. The van der Waals surface area contributed by atoms with Crippen LogP contribution in [0.4, 0.5) is 0 Å². The number of carbonyl (C=O) groups is 1. The van der Waals surface area contributed by atoms with Crippen LogP contribution >= 0.6 is 0 Å². The Kier molecular flexibility index (Phi) is 2.82. The van der Waals surface area contributed by atoms with Crippen LogP contribution in [-0.2, 0) is 0 Å². The number of hydrogen-bond acceptors (Lipinski definition) is 3. The van der Waals surface area contributed by atoms with Gasteiger partial charge in [-0.2, -0.15) is 0 Å². The highest BCUT2D eigenvalue weighted by Crippen LogP contribution is 2.36. The zero-order valence-corrected chi connectivity index (χ0v) is 10.7. The summed E-state index contributed by atoms with van der Waals surface area (Å²) in [6, 6.07) is 4.72. The molecule has 2 unspecified atom stereocenters. The molecule has 0 aromatic carbocycles. The Morgan fingerprint density at radius 2 is 2.06 bits per heavy atom. The summed E-state index contributed by atoms with van der Waals surface area (Å²) in [4.78, 5) is 18.9. The molecule has 18 heavy (non-hydrogen) atoms. The third-order valence-electron chi connectivity index (χ3n) is 4.22. The highest BCUT2D eigenvalue weighted by Gasteiger charge is 2.42. The number of nitrogens with zero attached hydrogens (tertiary/aromatic N) is 2. The van der Waals surface area contributed by atoms with Crippen LogP contribution in [0.25, 0.3) is 0 Å². The fourth-order valence-corrected chi connectivity index (χ4v) is 3.38. The third-order valence-corrected chi connectivity index (χ3v) is 4.22. The summed E-state index contributed by atoms with van der Waals surface area (Å²) >= 11 is 0. The summed E-state index contributed by atoms with van der Waals surface area (Å²) in [5.41, 5.74) is 7.59. The molecule has 2 aliphatic heterocycles. The minimum atomic E-state index is 0.0903. The van der Waals surface area contributed by atoms with E-state index in [1.807, 2.05) is 24.0 Å². The normalized spacial score (nSPS) is 30.6. The Labute approximate surface area is 107 Å². The van der Waals surface area contributed by atoms with Gasteiger partial charge in [0.2, 0.25) is 0 Å². The van der Waals surface area contributed by atoms with E-state index in [4.69, 9.17) is 5.73 Å².